The number of aryl methyl sites for hydroxylation is 2. The standard InChI is InChI=1S/C15H16ClN3O/c1-9-14(8-19(2)18-9)17-15(20)13-7-12(13)10-3-5-11(16)6-4-10/h3-6,8,12-13H,7H2,1-2H3,(H,17,20). The van der Waals surface area contributed by atoms with E-state index in [1.165, 1.54) is 5.56 Å². The molecule has 0 spiro atoms. The van der Waals surface area contributed by atoms with Gasteiger partial charge in [0.2, 0.25) is 5.91 Å². The van der Waals surface area contributed by atoms with Crippen LogP contribution in [-0.4, -0.2) is 15.7 Å². The number of hydrogen-bond acceptors (Lipinski definition) is 2. The van der Waals surface area contributed by atoms with Gasteiger partial charge in [0.25, 0.3) is 0 Å². The normalized spacial score (nSPS) is 20.8. The maximum atomic E-state index is 12.2. The van der Waals surface area contributed by atoms with Crippen molar-refractivity contribution >= 4 is 23.2 Å². The van der Waals surface area contributed by atoms with Crippen molar-refractivity contribution in [2.24, 2.45) is 13.0 Å². The van der Waals surface area contributed by atoms with Crippen LogP contribution in [0.5, 0.6) is 0 Å². The molecule has 4 nitrogen and oxygen atoms in total. The Kier molecular flexibility index (Phi) is 3.26. The van der Waals surface area contributed by atoms with Gasteiger partial charge in [0, 0.05) is 24.2 Å². The fraction of sp³-hybridized carbons (Fsp3) is 0.333. The van der Waals surface area contributed by atoms with Gasteiger partial charge < -0.3 is 5.32 Å². The van der Waals surface area contributed by atoms with E-state index in [0.29, 0.717) is 5.92 Å². The molecule has 20 heavy (non-hydrogen) atoms. The van der Waals surface area contributed by atoms with E-state index in [2.05, 4.69) is 10.4 Å². The van der Waals surface area contributed by atoms with Gasteiger partial charge in [0.05, 0.1) is 11.4 Å². The largest absolute Gasteiger partial charge is 0.323 e. The highest BCUT2D eigenvalue weighted by Crippen LogP contribution is 2.48. The molecule has 1 saturated carbocycles. The minimum Gasteiger partial charge on any atom is -0.323 e. The Bertz CT molecular complexity index is 648. The summed E-state index contributed by atoms with van der Waals surface area (Å²) in [4.78, 5) is 12.2. The first kappa shape index (κ1) is 13.2. The van der Waals surface area contributed by atoms with Crippen molar-refractivity contribution in [3.05, 3.63) is 46.7 Å². The summed E-state index contributed by atoms with van der Waals surface area (Å²) in [5.41, 5.74) is 2.81. The summed E-state index contributed by atoms with van der Waals surface area (Å²) in [5.74, 6) is 0.432. The number of nitrogens with zero attached hydrogens (tertiary/aromatic N) is 2. The number of anilines is 1. The molecule has 1 fully saturated rings. The van der Waals surface area contributed by atoms with Crippen LogP contribution in [0.15, 0.2) is 30.5 Å². The third-order valence-electron chi connectivity index (χ3n) is 3.70. The molecule has 3 rings (SSSR count). The van der Waals surface area contributed by atoms with E-state index in [-0.39, 0.29) is 11.8 Å². The van der Waals surface area contributed by atoms with Crippen LogP contribution < -0.4 is 5.32 Å². The molecular weight excluding hydrogens is 274 g/mol. The molecule has 0 saturated heterocycles. The van der Waals surface area contributed by atoms with Crippen LogP contribution in [0.25, 0.3) is 0 Å². The monoisotopic (exact) mass is 289 g/mol. The van der Waals surface area contributed by atoms with E-state index in [4.69, 9.17) is 11.6 Å². The minimum atomic E-state index is 0.0516. The molecule has 5 heteroatoms. The molecule has 2 aromatic rings. The van der Waals surface area contributed by atoms with E-state index in [0.717, 1.165) is 22.8 Å². The molecule has 0 radical (unpaired) electrons. The van der Waals surface area contributed by atoms with Crippen LogP contribution in [0.3, 0.4) is 0 Å². The van der Waals surface area contributed by atoms with E-state index in [1.807, 2.05) is 44.4 Å². The third-order valence-corrected chi connectivity index (χ3v) is 3.95. The Balaban J connectivity index is 1.65. The summed E-state index contributed by atoms with van der Waals surface area (Å²) < 4.78 is 1.70. The lowest BCUT2D eigenvalue weighted by Gasteiger charge is -2.03. The number of amides is 1. The van der Waals surface area contributed by atoms with Crippen molar-refractivity contribution in [2.45, 2.75) is 19.3 Å². The first-order valence-electron chi connectivity index (χ1n) is 6.61. The summed E-state index contributed by atoms with van der Waals surface area (Å²) in [7, 11) is 1.84. The van der Waals surface area contributed by atoms with E-state index >= 15 is 0 Å². The minimum absolute atomic E-state index is 0.0516. The number of aromatic nitrogens is 2. The van der Waals surface area contributed by atoms with Crippen LogP contribution in [-0.2, 0) is 11.8 Å². The Labute approximate surface area is 122 Å². The predicted octanol–water partition coefficient (Wildman–Crippen LogP) is 3.12. The summed E-state index contributed by atoms with van der Waals surface area (Å²) in [6.07, 6.45) is 2.72. The summed E-state index contributed by atoms with van der Waals surface area (Å²) in [6, 6.07) is 7.73. The zero-order valence-electron chi connectivity index (χ0n) is 11.4. The Hall–Kier alpha value is -1.81. The summed E-state index contributed by atoms with van der Waals surface area (Å²) >= 11 is 5.87. The van der Waals surface area contributed by atoms with Gasteiger partial charge >= 0.3 is 0 Å². The highest BCUT2D eigenvalue weighted by Gasteiger charge is 2.44. The van der Waals surface area contributed by atoms with Crippen molar-refractivity contribution in [2.75, 3.05) is 5.32 Å². The molecule has 1 aromatic carbocycles. The number of rotatable bonds is 3. The third kappa shape index (κ3) is 2.56. The lowest BCUT2D eigenvalue weighted by atomic mass is 10.1. The number of halogens is 1. The zero-order chi connectivity index (χ0) is 14.3. The van der Waals surface area contributed by atoms with Gasteiger partial charge in [-0.1, -0.05) is 23.7 Å². The molecule has 2 unspecified atom stereocenters. The van der Waals surface area contributed by atoms with Crippen LogP contribution in [0, 0.1) is 12.8 Å². The molecule has 1 aliphatic carbocycles. The number of hydrogen-bond donors (Lipinski definition) is 1. The van der Waals surface area contributed by atoms with Crippen LogP contribution in [0.1, 0.15) is 23.6 Å². The van der Waals surface area contributed by atoms with E-state index in [9.17, 15) is 4.79 Å². The first-order valence-corrected chi connectivity index (χ1v) is 6.99. The number of benzene rings is 1. The lowest BCUT2D eigenvalue weighted by Crippen LogP contribution is -2.14. The molecule has 1 aliphatic rings. The second-order valence-electron chi connectivity index (χ2n) is 5.29. The lowest BCUT2D eigenvalue weighted by molar-refractivity contribution is -0.117. The second kappa shape index (κ2) is 4.94. The van der Waals surface area contributed by atoms with Gasteiger partial charge in [0.1, 0.15) is 0 Å². The van der Waals surface area contributed by atoms with Crippen LogP contribution >= 0.6 is 11.6 Å². The molecule has 1 N–H and O–H groups in total. The van der Waals surface area contributed by atoms with Crippen LogP contribution in [0.4, 0.5) is 5.69 Å². The van der Waals surface area contributed by atoms with Crippen molar-refractivity contribution in [1.29, 1.82) is 0 Å². The van der Waals surface area contributed by atoms with Gasteiger partial charge in [-0.15, -0.1) is 0 Å². The summed E-state index contributed by atoms with van der Waals surface area (Å²) in [6.45, 7) is 1.89. The highest BCUT2D eigenvalue weighted by molar-refractivity contribution is 6.30. The van der Waals surface area contributed by atoms with Gasteiger partial charge in [-0.2, -0.15) is 5.10 Å². The molecule has 2 atom stereocenters. The van der Waals surface area contributed by atoms with E-state index in [1.54, 1.807) is 4.68 Å². The molecule has 104 valence electrons. The maximum Gasteiger partial charge on any atom is 0.228 e. The molecule has 0 bridgehead atoms. The van der Waals surface area contributed by atoms with Crippen LogP contribution in [0.2, 0.25) is 5.02 Å². The molecular formula is C15H16ClN3O. The average Bonchev–Trinajstić information content (AvgIpc) is 3.13. The Morgan fingerprint density at radius 3 is 2.70 bits per heavy atom. The number of carbonyl (C=O) groups is 1. The molecule has 1 heterocycles. The first-order chi connectivity index (χ1) is 9.54. The number of nitrogens with one attached hydrogen (secondary N) is 1. The van der Waals surface area contributed by atoms with Crippen molar-refractivity contribution < 1.29 is 4.79 Å². The van der Waals surface area contributed by atoms with Gasteiger partial charge in [-0.05, 0) is 37.0 Å². The highest BCUT2D eigenvalue weighted by atomic mass is 35.5. The quantitative estimate of drug-likeness (QED) is 0.944. The van der Waals surface area contributed by atoms with Gasteiger partial charge in [-0.25, -0.2) is 0 Å². The molecule has 0 aliphatic heterocycles. The van der Waals surface area contributed by atoms with Crippen molar-refractivity contribution in [1.82, 2.24) is 9.78 Å². The average molecular weight is 290 g/mol. The molecule has 1 amide bonds. The Morgan fingerprint density at radius 2 is 2.10 bits per heavy atom. The predicted molar refractivity (Wildman–Crippen MR) is 78.9 cm³/mol. The topological polar surface area (TPSA) is 46.9 Å². The van der Waals surface area contributed by atoms with Crippen molar-refractivity contribution in [3.8, 4) is 0 Å². The number of carbonyl (C=O) groups excluding carboxylic acids is 1. The smallest absolute Gasteiger partial charge is 0.228 e. The van der Waals surface area contributed by atoms with Gasteiger partial charge in [0.15, 0.2) is 0 Å². The van der Waals surface area contributed by atoms with Gasteiger partial charge in [-0.3, -0.25) is 9.48 Å². The Morgan fingerprint density at radius 1 is 1.40 bits per heavy atom. The maximum absolute atomic E-state index is 12.2. The SMILES string of the molecule is Cc1nn(C)cc1NC(=O)C1CC1c1ccc(Cl)cc1. The molecule has 1 aromatic heterocycles. The summed E-state index contributed by atoms with van der Waals surface area (Å²) in [5, 5.41) is 7.90. The zero-order valence-corrected chi connectivity index (χ0v) is 12.2. The van der Waals surface area contributed by atoms with E-state index < -0.39 is 0 Å². The fourth-order valence-electron chi connectivity index (χ4n) is 2.51. The second-order valence-corrected chi connectivity index (χ2v) is 5.73. The fourth-order valence-corrected chi connectivity index (χ4v) is 2.64. The van der Waals surface area contributed by atoms with Crippen molar-refractivity contribution in [3.63, 3.8) is 0 Å².